The molecule has 0 atom stereocenters. The van der Waals surface area contributed by atoms with E-state index in [1.807, 2.05) is 0 Å². The molecule has 21 heavy (non-hydrogen) atoms. The van der Waals surface area contributed by atoms with E-state index in [9.17, 15) is 9.18 Å². The lowest BCUT2D eigenvalue weighted by molar-refractivity contribution is -0.147. The molecule has 0 saturated heterocycles. The van der Waals surface area contributed by atoms with Gasteiger partial charge in [0.15, 0.2) is 6.61 Å². The van der Waals surface area contributed by atoms with Crippen LogP contribution < -0.4 is 10.5 Å². The summed E-state index contributed by atoms with van der Waals surface area (Å²) in [5.74, 6) is -0.660. The lowest BCUT2D eigenvalue weighted by Crippen LogP contribution is -2.15. The Hall–Kier alpha value is -2.27. The number of para-hydroxylation sites is 2. The van der Waals surface area contributed by atoms with Crippen molar-refractivity contribution in [1.82, 2.24) is 0 Å². The third-order valence-corrected chi connectivity index (χ3v) is 2.94. The van der Waals surface area contributed by atoms with Gasteiger partial charge in [-0.25, -0.2) is 9.18 Å². The molecule has 0 bridgehead atoms. The quantitative estimate of drug-likeness (QED) is 0.680. The third-order valence-electron chi connectivity index (χ3n) is 2.65. The van der Waals surface area contributed by atoms with E-state index in [1.165, 1.54) is 18.2 Å². The monoisotopic (exact) mass is 309 g/mol. The van der Waals surface area contributed by atoms with Gasteiger partial charge in [-0.2, -0.15) is 0 Å². The molecule has 0 amide bonds. The molecule has 2 aromatic rings. The number of halogens is 2. The lowest BCUT2D eigenvalue weighted by atomic mass is 10.2. The first kappa shape index (κ1) is 15.1. The number of nitrogens with two attached hydrogens (primary N) is 1. The molecule has 6 heteroatoms. The zero-order valence-electron chi connectivity index (χ0n) is 11.0. The lowest BCUT2D eigenvalue weighted by Gasteiger charge is -2.09. The van der Waals surface area contributed by atoms with Gasteiger partial charge < -0.3 is 15.2 Å². The largest absolute Gasteiger partial charge is 0.480 e. The number of ether oxygens (including phenoxy) is 2. The van der Waals surface area contributed by atoms with Gasteiger partial charge in [0.05, 0.1) is 10.7 Å². The molecule has 0 heterocycles. The number of carbonyl (C=O) groups is 1. The molecular weight excluding hydrogens is 297 g/mol. The topological polar surface area (TPSA) is 61.5 Å². The Morgan fingerprint density at radius 2 is 2.00 bits per heavy atom. The molecule has 2 N–H and O–H groups in total. The Labute approximate surface area is 126 Å². The summed E-state index contributed by atoms with van der Waals surface area (Å²) < 4.78 is 23.2. The van der Waals surface area contributed by atoms with Crippen molar-refractivity contribution >= 4 is 23.3 Å². The van der Waals surface area contributed by atoms with Crippen molar-refractivity contribution in [2.24, 2.45) is 0 Å². The second-order valence-corrected chi connectivity index (χ2v) is 4.64. The minimum Gasteiger partial charge on any atom is -0.480 e. The predicted molar refractivity (Wildman–Crippen MR) is 77.6 cm³/mol. The maximum atomic E-state index is 13.0. The standard InChI is InChI=1S/C15H13ClFNO3/c16-11-7-10(5-6-12(11)17)8-21-15(19)9-20-14-4-2-1-3-13(14)18/h1-7H,8-9,18H2. The van der Waals surface area contributed by atoms with E-state index in [0.717, 1.165) is 0 Å². The van der Waals surface area contributed by atoms with Crippen molar-refractivity contribution < 1.29 is 18.7 Å². The number of anilines is 1. The molecule has 0 radical (unpaired) electrons. The fourth-order valence-corrected chi connectivity index (χ4v) is 1.79. The summed E-state index contributed by atoms with van der Waals surface area (Å²) in [5, 5.41) is -0.0168. The van der Waals surface area contributed by atoms with E-state index < -0.39 is 11.8 Å². The van der Waals surface area contributed by atoms with Gasteiger partial charge in [-0.1, -0.05) is 29.8 Å². The van der Waals surface area contributed by atoms with Gasteiger partial charge >= 0.3 is 5.97 Å². The Bertz CT molecular complexity index is 649. The van der Waals surface area contributed by atoms with Crippen LogP contribution >= 0.6 is 11.6 Å². The fourth-order valence-electron chi connectivity index (χ4n) is 1.58. The van der Waals surface area contributed by atoms with Crippen molar-refractivity contribution in [1.29, 1.82) is 0 Å². The molecule has 2 aromatic carbocycles. The summed E-state index contributed by atoms with van der Waals surface area (Å²) in [6.07, 6.45) is 0. The van der Waals surface area contributed by atoms with E-state index in [1.54, 1.807) is 24.3 Å². The fraction of sp³-hybridized carbons (Fsp3) is 0.133. The molecule has 0 aromatic heterocycles. The van der Waals surface area contributed by atoms with Gasteiger partial charge in [-0.3, -0.25) is 0 Å². The van der Waals surface area contributed by atoms with Crippen LogP contribution in [-0.2, 0) is 16.1 Å². The molecule has 0 fully saturated rings. The normalized spacial score (nSPS) is 10.2. The second kappa shape index (κ2) is 6.95. The SMILES string of the molecule is Nc1ccccc1OCC(=O)OCc1ccc(F)c(Cl)c1. The summed E-state index contributed by atoms with van der Waals surface area (Å²) in [7, 11) is 0. The highest BCUT2D eigenvalue weighted by atomic mass is 35.5. The number of carbonyl (C=O) groups excluding carboxylic acids is 1. The average Bonchev–Trinajstić information content (AvgIpc) is 2.47. The van der Waals surface area contributed by atoms with Crippen molar-refractivity contribution in [2.75, 3.05) is 12.3 Å². The van der Waals surface area contributed by atoms with E-state index in [4.69, 9.17) is 26.8 Å². The van der Waals surface area contributed by atoms with E-state index in [2.05, 4.69) is 0 Å². The number of benzene rings is 2. The van der Waals surface area contributed by atoms with E-state index in [0.29, 0.717) is 17.0 Å². The third kappa shape index (κ3) is 4.36. The zero-order chi connectivity index (χ0) is 15.2. The van der Waals surface area contributed by atoms with Crippen LogP contribution in [0.4, 0.5) is 10.1 Å². The maximum Gasteiger partial charge on any atom is 0.344 e. The Balaban J connectivity index is 1.82. The van der Waals surface area contributed by atoms with Crippen LogP contribution in [0.1, 0.15) is 5.56 Å². The van der Waals surface area contributed by atoms with Crippen molar-refractivity contribution in [3.8, 4) is 5.75 Å². The zero-order valence-corrected chi connectivity index (χ0v) is 11.8. The summed E-state index contributed by atoms with van der Waals surface area (Å²) in [6.45, 7) is -0.268. The van der Waals surface area contributed by atoms with Crippen LogP contribution in [0.2, 0.25) is 5.02 Å². The van der Waals surface area contributed by atoms with Gasteiger partial charge in [0.25, 0.3) is 0 Å². The van der Waals surface area contributed by atoms with Crippen LogP contribution in [0, 0.1) is 5.82 Å². The Kier molecular flexibility index (Phi) is 5.00. The highest BCUT2D eigenvalue weighted by molar-refractivity contribution is 6.30. The van der Waals surface area contributed by atoms with Crippen molar-refractivity contribution in [2.45, 2.75) is 6.61 Å². The molecule has 110 valence electrons. The Morgan fingerprint density at radius 3 is 2.71 bits per heavy atom. The molecule has 2 rings (SSSR count). The minimum absolute atomic E-state index is 0.00748. The van der Waals surface area contributed by atoms with Gasteiger partial charge in [0, 0.05) is 0 Å². The first-order valence-corrected chi connectivity index (χ1v) is 6.51. The minimum atomic E-state index is -0.557. The summed E-state index contributed by atoms with van der Waals surface area (Å²) in [6, 6.07) is 10.9. The molecule has 0 aliphatic rings. The highest BCUT2D eigenvalue weighted by Gasteiger charge is 2.07. The predicted octanol–water partition coefficient (Wildman–Crippen LogP) is 3.18. The maximum absolute atomic E-state index is 13.0. The number of hydrogen-bond donors (Lipinski definition) is 1. The van der Waals surface area contributed by atoms with E-state index >= 15 is 0 Å². The molecular formula is C15H13ClFNO3. The summed E-state index contributed by atoms with van der Waals surface area (Å²) in [5.41, 5.74) is 6.71. The summed E-state index contributed by atoms with van der Waals surface area (Å²) >= 11 is 5.63. The first-order chi connectivity index (χ1) is 10.1. The molecule has 4 nitrogen and oxygen atoms in total. The van der Waals surface area contributed by atoms with Crippen molar-refractivity contribution in [3.05, 3.63) is 58.9 Å². The first-order valence-electron chi connectivity index (χ1n) is 6.13. The Morgan fingerprint density at radius 1 is 1.24 bits per heavy atom. The molecule has 0 unspecified atom stereocenters. The molecule has 0 aliphatic heterocycles. The highest BCUT2D eigenvalue weighted by Crippen LogP contribution is 2.20. The van der Waals surface area contributed by atoms with Crippen LogP contribution in [0.25, 0.3) is 0 Å². The van der Waals surface area contributed by atoms with Gasteiger partial charge in [0.2, 0.25) is 0 Å². The number of nitrogen functional groups attached to an aromatic ring is 1. The van der Waals surface area contributed by atoms with Crippen LogP contribution in [-0.4, -0.2) is 12.6 Å². The van der Waals surface area contributed by atoms with Crippen LogP contribution in [0.15, 0.2) is 42.5 Å². The molecule has 0 aliphatic carbocycles. The van der Waals surface area contributed by atoms with Gasteiger partial charge in [-0.15, -0.1) is 0 Å². The van der Waals surface area contributed by atoms with Gasteiger partial charge in [-0.05, 0) is 29.8 Å². The number of rotatable bonds is 5. The number of esters is 1. The van der Waals surface area contributed by atoms with Crippen LogP contribution in [0.3, 0.4) is 0 Å². The van der Waals surface area contributed by atoms with Gasteiger partial charge in [0.1, 0.15) is 18.2 Å². The number of hydrogen-bond acceptors (Lipinski definition) is 4. The van der Waals surface area contributed by atoms with Crippen LogP contribution in [0.5, 0.6) is 5.75 Å². The van der Waals surface area contributed by atoms with Crippen molar-refractivity contribution in [3.63, 3.8) is 0 Å². The van der Waals surface area contributed by atoms with E-state index in [-0.39, 0.29) is 18.2 Å². The average molecular weight is 310 g/mol. The molecule has 0 saturated carbocycles. The summed E-state index contributed by atoms with van der Waals surface area (Å²) in [4.78, 5) is 11.6. The molecule has 0 spiro atoms. The second-order valence-electron chi connectivity index (χ2n) is 4.24. The smallest absolute Gasteiger partial charge is 0.344 e.